The summed E-state index contributed by atoms with van der Waals surface area (Å²) in [7, 11) is -0.662. The highest BCUT2D eigenvalue weighted by Gasteiger charge is 2.21. The van der Waals surface area contributed by atoms with Gasteiger partial charge in [0.25, 0.3) is 10.7 Å². The highest BCUT2D eigenvalue weighted by atomic mass is 32.2. The number of aromatic nitrogens is 2. The summed E-state index contributed by atoms with van der Waals surface area (Å²) in [6, 6.07) is 7.77. The number of rotatable bonds is 4. The van der Waals surface area contributed by atoms with Gasteiger partial charge in [0.2, 0.25) is 0 Å². The van der Waals surface area contributed by atoms with Crippen molar-refractivity contribution >= 4 is 15.8 Å². The van der Waals surface area contributed by atoms with Crippen LogP contribution in [0.25, 0.3) is 0 Å². The van der Waals surface area contributed by atoms with E-state index in [-0.39, 0.29) is 5.75 Å². The molecule has 0 saturated carbocycles. The molecule has 1 heterocycles. The molecule has 0 atom stereocenters. The summed E-state index contributed by atoms with van der Waals surface area (Å²) in [5.74, 6) is 0.156. The first kappa shape index (κ1) is 14.1. The number of anilines is 1. The number of nitrogens with one attached hydrogen (secondary N) is 1. The first-order valence-corrected chi connectivity index (χ1v) is 7.07. The Morgan fingerprint density at radius 2 is 1.90 bits per heavy atom. The lowest BCUT2D eigenvalue weighted by atomic mass is 10.3. The Morgan fingerprint density at radius 3 is 2.55 bits per heavy atom. The monoisotopic (exact) mass is 295 g/mol. The number of nitrogens with zero attached hydrogens (tertiary/aromatic N) is 2. The summed E-state index contributed by atoms with van der Waals surface area (Å²) >= 11 is 0. The van der Waals surface area contributed by atoms with Crippen molar-refractivity contribution in [1.82, 2.24) is 9.97 Å². The van der Waals surface area contributed by atoms with Gasteiger partial charge < -0.3 is 9.08 Å². The predicted octanol–water partition coefficient (Wildman–Crippen LogP) is 0.604. The largest absolute Gasteiger partial charge is 0.375 e. The van der Waals surface area contributed by atoms with E-state index in [0.29, 0.717) is 5.69 Å². The van der Waals surface area contributed by atoms with E-state index in [9.17, 15) is 13.2 Å². The minimum atomic E-state index is -4.19. The average molecular weight is 295 g/mol. The smallest absolute Gasteiger partial charge is 0.373 e. The van der Waals surface area contributed by atoms with Crippen molar-refractivity contribution in [3.8, 4) is 5.75 Å². The Morgan fingerprint density at radius 1 is 1.20 bits per heavy atom. The summed E-state index contributed by atoms with van der Waals surface area (Å²) in [5.41, 5.74) is 0.0254. The van der Waals surface area contributed by atoms with Crippen molar-refractivity contribution in [1.29, 1.82) is 0 Å². The van der Waals surface area contributed by atoms with E-state index < -0.39 is 20.8 Å². The molecule has 1 aromatic carbocycles. The molecule has 0 aliphatic rings. The van der Waals surface area contributed by atoms with Crippen LogP contribution in [0.4, 0.5) is 5.69 Å². The van der Waals surface area contributed by atoms with Gasteiger partial charge in [0.15, 0.2) is 5.75 Å². The van der Waals surface area contributed by atoms with Gasteiger partial charge in [-0.25, -0.2) is 4.98 Å². The normalized spacial score (nSPS) is 11.1. The molecule has 0 aliphatic carbocycles. The van der Waals surface area contributed by atoms with E-state index in [1.54, 1.807) is 37.2 Å². The quantitative estimate of drug-likeness (QED) is 0.656. The molecular weight excluding hydrogens is 282 g/mol. The zero-order valence-corrected chi connectivity index (χ0v) is 11.7. The van der Waals surface area contributed by atoms with Crippen LogP contribution >= 0.6 is 0 Å². The number of H-pyrrole nitrogens is 1. The maximum Gasteiger partial charge on any atom is 0.373 e. The van der Waals surface area contributed by atoms with E-state index in [1.165, 1.54) is 6.07 Å². The first-order chi connectivity index (χ1) is 9.40. The van der Waals surface area contributed by atoms with Crippen molar-refractivity contribution in [2.45, 2.75) is 5.16 Å². The minimum Gasteiger partial charge on any atom is -0.375 e. The first-order valence-electron chi connectivity index (χ1n) is 5.66. The third kappa shape index (κ3) is 2.97. The summed E-state index contributed by atoms with van der Waals surface area (Å²) in [6.07, 6.45) is 1.10. The molecule has 0 bridgehead atoms. The van der Waals surface area contributed by atoms with Gasteiger partial charge in [-0.1, -0.05) is 12.1 Å². The van der Waals surface area contributed by atoms with E-state index in [0.717, 1.165) is 12.3 Å². The molecule has 0 aliphatic heterocycles. The molecule has 106 valence electrons. The van der Waals surface area contributed by atoms with Gasteiger partial charge in [-0.05, 0) is 12.1 Å². The topological polar surface area (TPSA) is 92.4 Å². The standard InChI is InChI=1S/C12H13N3O4S/c1-15(2)9-5-3-4-6-10(9)19-20(17,18)12-13-8-7-11(16)14-12/h3-8H,1-2H3,(H,13,14,16). The van der Waals surface area contributed by atoms with E-state index >= 15 is 0 Å². The summed E-state index contributed by atoms with van der Waals surface area (Å²) < 4.78 is 29.1. The fourth-order valence-corrected chi connectivity index (χ4v) is 2.41. The van der Waals surface area contributed by atoms with Crippen molar-refractivity contribution < 1.29 is 12.6 Å². The van der Waals surface area contributed by atoms with E-state index in [2.05, 4.69) is 9.97 Å². The molecule has 1 N–H and O–H groups in total. The van der Waals surface area contributed by atoms with Crippen molar-refractivity contribution in [3.63, 3.8) is 0 Å². The van der Waals surface area contributed by atoms with Crippen LogP contribution in [0.5, 0.6) is 5.75 Å². The lowest BCUT2D eigenvalue weighted by molar-refractivity contribution is 0.477. The molecule has 0 unspecified atom stereocenters. The maximum absolute atomic E-state index is 12.1. The second-order valence-electron chi connectivity index (χ2n) is 4.14. The Bertz CT molecular complexity index is 768. The third-order valence-electron chi connectivity index (χ3n) is 2.43. The van der Waals surface area contributed by atoms with Gasteiger partial charge in [0, 0.05) is 26.4 Å². The van der Waals surface area contributed by atoms with Crippen LogP contribution in [0, 0.1) is 0 Å². The Balaban J connectivity index is 2.41. The number of benzene rings is 1. The van der Waals surface area contributed by atoms with Gasteiger partial charge in [0.1, 0.15) is 0 Å². The van der Waals surface area contributed by atoms with E-state index in [4.69, 9.17) is 4.18 Å². The molecule has 0 amide bonds. The molecule has 0 spiro atoms. The number of hydrogen-bond donors (Lipinski definition) is 1. The van der Waals surface area contributed by atoms with Gasteiger partial charge >= 0.3 is 10.1 Å². The second-order valence-corrected chi connectivity index (χ2v) is 5.60. The highest BCUT2D eigenvalue weighted by molar-refractivity contribution is 7.86. The van der Waals surface area contributed by atoms with Crippen LogP contribution in [0.3, 0.4) is 0 Å². The SMILES string of the molecule is CN(C)c1ccccc1OS(=O)(=O)c1nccc(=O)[nH]1. The summed E-state index contributed by atoms with van der Waals surface area (Å²) in [5, 5.41) is -0.529. The van der Waals surface area contributed by atoms with Crippen molar-refractivity contribution in [2.24, 2.45) is 0 Å². The number of hydrogen-bond acceptors (Lipinski definition) is 6. The lowest BCUT2D eigenvalue weighted by Gasteiger charge is -2.16. The zero-order chi connectivity index (χ0) is 14.8. The van der Waals surface area contributed by atoms with Gasteiger partial charge in [0.05, 0.1) is 5.69 Å². The maximum atomic E-state index is 12.1. The molecule has 2 aromatic rings. The molecular formula is C12H13N3O4S. The number of para-hydroxylation sites is 2. The fraction of sp³-hybridized carbons (Fsp3) is 0.167. The molecule has 0 fully saturated rings. The van der Waals surface area contributed by atoms with Crippen LogP contribution in [0.2, 0.25) is 0 Å². The van der Waals surface area contributed by atoms with Gasteiger partial charge in [-0.2, -0.15) is 8.42 Å². The van der Waals surface area contributed by atoms with E-state index in [1.807, 2.05) is 0 Å². The Labute approximate surface area is 116 Å². The molecule has 2 rings (SSSR count). The Kier molecular flexibility index (Phi) is 3.75. The van der Waals surface area contributed by atoms with Gasteiger partial charge in [-0.15, -0.1) is 0 Å². The molecule has 0 radical (unpaired) electrons. The summed E-state index contributed by atoms with van der Waals surface area (Å²) in [6.45, 7) is 0. The second kappa shape index (κ2) is 5.33. The predicted molar refractivity (Wildman–Crippen MR) is 73.4 cm³/mol. The zero-order valence-electron chi connectivity index (χ0n) is 10.9. The summed E-state index contributed by atoms with van der Waals surface area (Å²) in [4.78, 5) is 18.6. The molecule has 1 aromatic heterocycles. The molecule has 7 nitrogen and oxygen atoms in total. The van der Waals surface area contributed by atoms with Crippen LogP contribution in [0.1, 0.15) is 0 Å². The van der Waals surface area contributed by atoms with Crippen LogP contribution in [-0.2, 0) is 10.1 Å². The molecule has 20 heavy (non-hydrogen) atoms. The lowest BCUT2D eigenvalue weighted by Crippen LogP contribution is -2.19. The van der Waals surface area contributed by atoms with Crippen LogP contribution < -0.4 is 14.6 Å². The Hall–Kier alpha value is -2.35. The minimum absolute atomic E-state index is 0.156. The van der Waals surface area contributed by atoms with Crippen molar-refractivity contribution in [3.05, 3.63) is 46.9 Å². The fourth-order valence-electron chi connectivity index (χ4n) is 1.53. The third-order valence-corrected chi connectivity index (χ3v) is 3.51. The van der Waals surface area contributed by atoms with Crippen LogP contribution in [-0.4, -0.2) is 32.5 Å². The average Bonchev–Trinajstić information content (AvgIpc) is 2.38. The van der Waals surface area contributed by atoms with Crippen molar-refractivity contribution in [2.75, 3.05) is 19.0 Å². The molecule has 0 saturated heterocycles. The molecule has 8 heteroatoms. The van der Waals surface area contributed by atoms with Gasteiger partial charge in [-0.3, -0.25) is 9.78 Å². The van der Waals surface area contributed by atoms with Crippen LogP contribution in [0.15, 0.2) is 46.5 Å². The number of aromatic amines is 1. The highest BCUT2D eigenvalue weighted by Crippen LogP contribution is 2.28.